The van der Waals surface area contributed by atoms with Crippen LogP contribution in [0.25, 0.3) is 24.4 Å². The Labute approximate surface area is 253 Å². The molecule has 4 nitrogen and oxygen atoms in total. The lowest BCUT2D eigenvalue weighted by atomic mass is 10.0. The SMILES string of the molecule is C=C(C)c1ccc(N2C(=C)C=CC2=O)cc1.C=c1ccc(=C)n1-c1ccc(C(=O)C(C)C)cc1.CCCCCC(C)C. The second-order valence-corrected chi connectivity index (χ2v) is 11.4. The second-order valence-electron chi connectivity index (χ2n) is 11.4. The molecule has 0 unspecified atom stereocenters. The maximum atomic E-state index is 11.8. The van der Waals surface area contributed by atoms with Gasteiger partial charge in [0.05, 0.1) is 0 Å². The molecule has 1 aromatic heterocycles. The second kappa shape index (κ2) is 16.3. The first-order valence-corrected chi connectivity index (χ1v) is 14.8. The molecule has 0 atom stereocenters. The van der Waals surface area contributed by atoms with Crippen LogP contribution >= 0.6 is 0 Å². The van der Waals surface area contributed by atoms with Crippen LogP contribution in [-0.4, -0.2) is 16.3 Å². The van der Waals surface area contributed by atoms with Gasteiger partial charge in [-0.2, -0.15) is 0 Å². The van der Waals surface area contributed by atoms with Gasteiger partial charge >= 0.3 is 0 Å². The maximum absolute atomic E-state index is 11.8. The molecular formula is C38H48N2O2. The zero-order chi connectivity index (χ0) is 31.4. The van der Waals surface area contributed by atoms with Gasteiger partial charge in [-0.3, -0.25) is 14.5 Å². The molecule has 2 aromatic carbocycles. The monoisotopic (exact) mass is 564 g/mol. The number of benzene rings is 2. The van der Waals surface area contributed by atoms with Crippen molar-refractivity contribution in [2.24, 2.45) is 11.8 Å². The van der Waals surface area contributed by atoms with Crippen molar-refractivity contribution < 1.29 is 9.59 Å². The summed E-state index contributed by atoms with van der Waals surface area (Å²) in [5.41, 5.74) is 5.36. The number of hydrogen-bond acceptors (Lipinski definition) is 2. The van der Waals surface area contributed by atoms with Gasteiger partial charge < -0.3 is 4.57 Å². The molecule has 0 N–H and O–H groups in total. The summed E-state index contributed by atoms with van der Waals surface area (Å²) < 4.78 is 1.96. The van der Waals surface area contributed by atoms with E-state index in [4.69, 9.17) is 0 Å². The number of nitrogens with zero attached hydrogens (tertiary/aromatic N) is 2. The molecule has 0 saturated carbocycles. The molecule has 4 rings (SSSR count). The van der Waals surface area contributed by atoms with E-state index in [0.717, 1.165) is 44.7 Å². The first kappa shape index (κ1) is 34.0. The number of amides is 1. The summed E-state index contributed by atoms with van der Waals surface area (Å²) in [5, 5.41) is 1.78. The van der Waals surface area contributed by atoms with Crippen molar-refractivity contribution in [1.29, 1.82) is 0 Å². The van der Waals surface area contributed by atoms with Gasteiger partial charge in [0.2, 0.25) is 0 Å². The molecule has 1 amide bonds. The molecule has 0 fully saturated rings. The minimum atomic E-state index is -0.0481. The standard InChI is InChI=1S/C16H17NO.C14H13NO.C8H18/c1-11(2)16(18)14-7-9-15(10-8-14)17-12(3)5-6-13(17)4;1-10(2)12-5-7-13(8-6-12)15-11(3)4-9-14(15)16;1-4-5-6-7-8(2)3/h5-11H,3-4H2,1-2H3;4-9H,1,3H2,2H3;8H,4-7H2,1-3H3. The summed E-state index contributed by atoms with van der Waals surface area (Å²) in [5.74, 6) is 1.04. The van der Waals surface area contributed by atoms with Crippen LogP contribution in [0.1, 0.15) is 83.1 Å². The van der Waals surface area contributed by atoms with Crippen LogP contribution in [0.3, 0.4) is 0 Å². The summed E-state index contributed by atoms with van der Waals surface area (Å²) in [6.45, 7) is 28.2. The van der Waals surface area contributed by atoms with Gasteiger partial charge in [0, 0.05) is 45.3 Å². The summed E-state index contributed by atoms with van der Waals surface area (Å²) in [6.07, 6.45) is 8.84. The van der Waals surface area contributed by atoms with Crippen LogP contribution in [0.2, 0.25) is 0 Å². The number of ketones is 1. The topological polar surface area (TPSA) is 42.3 Å². The highest BCUT2D eigenvalue weighted by Gasteiger charge is 2.20. The van der Waals surface area contributed by atoms with Crippen molar-refractivity contribution >= 4 is 36.1 Å². The van der Waals surface area contributed by atoms with E-state index in [1.165, 1.54) is 31.8 Å². The largest absolute Gasteiger partial charge is 0.312 e. The number of carbonyl (C=O) groups excluding carboxylic acids is 2. The van der Waals surface area contributed by atoms with Gasteiger partial charge in [0.1, 0.15) is 0 Å². The third-order valence-electron chi connectivity index (χ3n) is 6.91. The first-order valence-electron chi connectivity index (χ1n) is 14.8. The fraction of sp³-hybridized carbons (Fsp3) is 0.316. The van der Waals surface area contributed by atoms with Crippen molar-refractivity contribution in [2.45, 2.75) is 67.2 Å². The van der Waals surface area contributed by atoms with Crippen LogP contribution in [0.5, 0.6) is 0 Å². The quantitative estimate of drug-likeness (QED) is 0.193. The normalized spacial score (nSPS) is 12.2. The Morgan fingerprint density at radius 2 is 1.29 bits per heavy atom. The Balaban J connectivity index is 0.000000237. The zero-order valence-electron chi connectivity index (χ0n) is 26.5. The number of hydrogen-bond donors (Lipinski definition) is 0. The Kier molecular flexibility index (Phi) is 13.2. The third-order valence-corrected chi connectivity index (χ3v) is 6.91. The highest BCUT2D eigenvalue weighted by molar-refractivity contribution is 6.07. The lowest BCUT2D eigenvalue weighted by Crippen LogP contribution is -2.22. The summed E-state index contributed by atoms with van der Waals surface area (Å²) in [4.78, 5) is 25.0. The summed E-state index contributed by atoms with van der Waals surface area (Å²) in [6, 6.07) is 19.1. The molecule has 1 aliphatic heterocycles. The number of anilines is 1. The number of Topliss-reactive ketones (excluding diaryl/α,β-unsaturated/α-hetero) is 1. The van der Waals surface area contributed by atoms with Crippen molar-refractivity contribution in [1.82, 2.24) is 4.57 Å². The minimum absolute atomic E-state index is 0.0224. The van der Waals surface area contributed by atoms with Gasteiger partial charge in [-0.05, 0) is 73.0 Å². The van der Waals surface area contributed by atoms with Gasteiger partial charge in [-0.25, -0.2) is 0 Å². The number of carbonyl (C=O) groups is 2. The predicted octanol–water partition coefficient (Wildman–Crippen LogP) is 8.50. The molecule has 0 spiro atoms. The van der Waals surface area contributed by atoms with E-state index >= 15 is 0 Å². The van der Waals surface area contributed by atoms with Crippen LogP contribution in [-0.2, 0) is 4.79 Å². The first-order chi connectivity index (χ1) is 19.9. The van der Waals surface area contributed by atoms with Crippen molar-refractivity contribution in [3.8, 4) is 5.69 Å². The third kappa shape index (κ3) is 9.73. The fourth-order valence-electron chi connectivity index (χ4n) is 4.41. The van der Waals surface area contributed by atoms with E-state index in [1.54, 1.807) is 11.0 Å². The average molecular weight is 565 g/mol. The smallest absolute Gasteiger partial charge is 0.255 e. The molecule has 4 heteroatoms. The molecule has 222 valence electrons. The van der Waals surface area contributed by atoms with Gasteiger partial charge in [-0.1, -0.05) is 104 Å². The Bertz CT molecular complexity index is 1440. The molecule has 0 saturated heterocycles. The molecule has 3 aromatic rings. The van der Waals surface area contributed by atoms with Crippen LogP contribution in [0.15, 0.2) is 91.7 Å². The maximum Gasteiger partial charge on any atom is 0.255 e. The lowest BCUT2D eigenvalue weighted by molar-refractivity contribution is -0.113. The van der Waals surface area contributed by atoms with Crippen LogP contribution in [0.4, 0.5) is 5.69 Å². The van der Waals surface area contributed by atoms with Gasteiger partial charge in [0.25, 0.3) is 5.91 Å². The number of unbranched alkanes of at least 4 members (excludes halogenated alkanes) is 2. The van der Waals surface area contributed by atoms with E-state index in [0.29, 0.717) is 5.70 Å². The van der Waals surface area contributed by atoms with Crippen LogP contribution in [0, 0.1) is 11.8 Å². The molecule has 1 aliphatic rings. The highest BCUT2D eigenvalue weighted by atomic mass is 16.2. The molecule has 0 bridgehead atoms. The molecule has 2 heterocycles. The fourth-order valence-corrected chi connectivity index (χ4v) is 4.41. The molecule has 0 aliphatic carbocycles. The average Bonchev–Trinajstić information content (AvgIpc) is 3.48. The summed E-state index contributed by atoms with van der Waals surface area (Å²) in [7, 11) is 0. The van der Waals surface area contributed by atoms with E-state index in [2.05, 4.69) is 47.1 Å². The lowest BCUT2D eigenvalue weighted by Gasteiger charge is -2.17. The predicted molar refractivity (Wildman–Crippen MR) is 181 cm³/mol. The van der Waals surface area contributed by atoms with E-state index in [9.17, 15) is 9.59 Å². The van der Waals surface area contributed by atoms with Crippen molar-refractivity contribution in [3.05, 3.63) is 113 Å². The minimum Gasteiger partial charge on any atom is -0.312 e. The Hall–Kier alpha value is -4.18. The van der Waals surface area contributed by atoms with Gasteiger partial charge in [-0.15, -0.1) is 0 Å². The van der Waals surface area contributed by atoms with E-state index < -0.39 is 0 Å². The van der Waals surface area contributed by atoms with E-state index in [1.807, 2.05) is 86.0 Å². The number of allylic oxidation sites excluding steroid dienone is 2. The van der Waals surface area contributed by atoms with Gasteiger partial charge in [0.15, 0.2) is 5.78 Å². The summed E-state index contributed by atoms with van der Waals surface area (Å²) >= 11 is 0. The van der Waals surface area contributed by atoms with E-state index in [-0.39, 0.29) is 17.6 Å². The Morgan fingerprint density at radius 1 is 0.762 bits per heavy atom. The number of rotatable bonds is 9. The zero-order valence-corrected chi connectivity index (χ0v) is 26.5. The molecular weight excluding hydrogens is 516 g/mol. The van der Waals surface area contributed by atoms with Crippen molar-refractivity contribution in [3.63, 3.8) is 0 Å². The highest BCUT2D eigenvalue weighted by Crippen LogP contribution is 2.25. The molecule has 42 heavy (non-hydrogen) atoms. The Morgan fingerprint density at radius 3 is 1.71 bits per heavy atom. The molecule has 0 radical (unpaired) electrons. The number of aromatic nitrogens is 1. The van der Waals surface area contributed by atoms with Crippen molar-refractivity contribution in [2.75, 3.05) is 4.90 Å². The van der Waals surface area contributed by atoms with Crippen LogP contribution < -0.4 is 15.6 Å².